The fraction of sp³-hybridized carbons (Fsp3) is 0.500. The van der Waals surface area contributed by atoms with Crippen LogP contribution in [0.2, 0.25) is 0 Å². The average Bonchev–Trinajstić information content (AvgIpc) is 2.56. The Balaban J connectivity index is 1.68. The van der Waals surface area contributed by atoms with Crippen molar-refractivity contribution < 1.29 is 14.3 Å². The predicted octanol–water partition coefficient (Wildman–Crippen LogP) is 4.33. The van der Waals surface area contributed by atoms with E-state index in [1.807, 2.05) is 18.2 Å². The number of thioether (sulfide) groups is 1. The molecule has 3 rings (SSSR count). The minimum atomic E-state index is -0.140. The molecule has 3 nitrogen and oxygen atoms in total. The van der Waals surface area contributed by atoms with Crippen molar-refractivity contribution in [3.63, 3.8) is 0 Å². The maximum absolute atomic E-state index is 12.3. The lowest BCUT2D eigenvalue weighted by Gasteiger charge is -2.25. The van der Waals surface area contributed by atoms with E-state index < -0.39 is 0 Å². The summed E-state index contributed by atoms with van der Waals surface area (Å²) in [5.41, 5.74) is 0.998. The third-order valence-electron chi connectivity index (χ3n) is 3.99. The van der Waals surface area contributed by atoms with Crippen LogP contribution in [0.4, 0.5) is 0 Å². The first kappa shape index (κ1) is 15.8. The molecule has 1 aromatic rings. The van der Waals surface area contributed by atoms with E-state index in [4.69, 9.17) is 9.47 Å². The number of benzene rings is 1. The SMILES string of the molecule is O=C1CCCC(Sc2ccccc2)=C1CCC1OCCCO1. The Morgan fingerprint density at radius 3 is 2.59 bits per heavy atom. The van der Waals surface area contributed by atoms with Crippen LogP contribution < -0.4 is 0 Å². The normalized spacial score (nSPS) is 20.5. The molecule has 118 valence electrons. The highest BCUT2D eigenvalue weighted by molar-refractivity contribution is 8.03. The van der Waals surface area contributed by atoms with Crippen molar-refractivity contribution in [2.75, 3.05) is 13.2 Å². The van der Waals surface area contributed by atoms with Gasteiger partial charge in [-0.1, -0.05) is 30.0 Å². The summed E-state index contributed by atoms with van der Waals surface area (Å²) in [6.07, 6.45) is 5.02. The van der Waals surface area contributed by atoms with Gasteiger partial charge in [0, 0.05) is 23.3 Å². The van der Waals surface area contributed by atoms with Crippen molar-refractivity contribution in [3.8, 4) is 0 Å². The van der Waals surface area contributed by atoms with E-state index in [9.17, 15) is 4.79 Å². The highest BCUT2D eigenvalue weighted by Gasteiger charge is 2.23. The van der Waals surface area contributed by atoms with Crippen molar-refractivity contribution in [1.82, 2.24) is 0 Å². The van der Waals surface area contributed by atoms with Crippen LogP contribution in [-0.2, 0) is 14.3 Å². The molecule has 0 saturated carbocycles. The van der Waals surface area contributed by atoms with Gasteiger partial charge < -0.3 is 9.47 Å². The molecule has 0 aromatic heterocycles. The summed E-state index contributed by atoms with van der Waals surface area (Å²) in [5, 5.41) is 0. The van der Waals surface area contributed by atoms with Gasteiger partial charge in [-0.25, -0.2) is 0 Å². The molecular weight excluding hydrogens is 296 g/mol. The topological polar surface area (TPSA) is 35.5 Å². The van der Waals surface area contributed by atoms with Crippen molar-refractivity contribution in [2.24, 2.45) is 0 Å². The van der Waals surface area contributed by atoms with Gasteiger partial charge in [-0.3, -0.25) is 4.79 Å². The molecule has 1 aliphatic heterocycles. The second kappa shape index (κ2) is 7.95. The lowest BCUT2D eigenvalue weighted by atomic mass is 9.94. The van der Waals surface area contributed by atoms with E-state index in [2.05, 4.69) is 12.1 Å². The molecule has 0 spiro atoms. The Hall–Kier alpha value is -1.10. The number of hydrogen-bond donors (Lipinski definition) is 0. The highest BCUT2D eigenvalue weighted by Crippen LogP contribution is 2.37. The monoisotopic (exact) mass is 318 g/mol. The number of ketones is 1. The second-order valence-corrected chi connectivity index (χ2v) is 6.83. The fourth-order valence-electron chi connectivity index (χ4n) is 2.85. The number of ether oxygens (including phenoxy) is 2. The zero-order valence-electron chi connectivity index (χ0n) is 12.8. The van der Waals surface area contributed by atoms with Gasteiger partial charge in [-0.05, 0) is 42.7 Å². The van der Waals surface area contributed by atoms with Gasteiger partial charge in [0.2, 0.25) is 0 Å². The Morgan fingerprint density at radius 2 is 1.82 bits per heavy atom. The van der Waals surface area contributed by atoms with Crippen LogP contribution in [0.3, 0.4) is 0 Å². The van der Waals surface area contributed by atoms with E-state index in [1.54, 1.807) is 11.8 Å². The molecule has 1 heterocycles. The molecule has 0 N–H and O–H groups in total. The van der Waals surface area contributed by atoms with Crippen molar-refractivity contribution >= 4 is 17.5 Å². The summed E-state index contributed by atoms with van der Waals surface area (Å²) in [6, 6.07) is 10.3. The third kappa shape index (κ3) is 4.22. The Kier molecular flexibility index (Phi) is 5.70. The Labute approximate surface area is 136 Å². The summed E-state index contributed by atoms with van der Waals surface area (Å²) in [6.45, 7) is 1.53. The third-order valence-corrected chi connectivity index (χ3v) is 5.20. The fourth-order valence-corrected chi connectivity index (χ4v) is 4.02. The van der Waals surface area contributed by atoms with Gasteiger partial charge in [0.25, 0.3) is 0 Å². The zero-order chi connectivity index (χ0) is 15.2. The number of allylic oxidation sites excluding steroid dienone is 2. The summed E-state index contributed by atoms with van der Waals surface area (Å²) >= 11 is 1.74. The number of rotatable bonds is 5. The lowest BCUT2D eigenvalue weighted by Crippen LogP contribution is -2.25. The predicted molar refractivity (Wildman–Crippen MR) is 87.7 cm³/mol. The van der Waals surface area contributed by atoms with Crippen LogP contribution >= 0.6 is 11.8 Å². The smallest absolute Gasteiger partial charge is 0.159 e. The lowest BCUT2D eigenvalue weighted by molar-refractivity contribution is -0.180. The summed E-state index contributed by atoms with van der Waals surface area (Å²) in [7, 11) is 0. The molecule has 0 radical (unpaired) electrons. The maximum Gasteiger partial charge on any atom is 0.159 e. The standard InChI is InChI=1S/C18H22O3S/c19-16-8-4-9-17(22-14-6-2-1-3-7-14)15(16)10-11-18-20-12-5-13-21-18/h1-3,6-7,18H,4-5,8-13H2. The van der Waals surface area contributed by atoms with Crippen molar-refractivity contribution in [2.45, 2.75) is 49.7 Å². The van der Waals surface area contributed by atoms with Crippen molar-refractivity contribution in [1.29, 1.82) is 0 Å². The number of Topliss-reactive ketones (excluding diaryl/α,β-unsaturated/α-hetero) is 1. The number of carbonyl (C=O) groups is 1. The Morgan fingerprint density at radius 1 is 1.05 bits per heavy atom. The van der Waals surface area contributed by atoms with E-state index in [1.165, 1.54) is 9.80 Å². The van der Waals surface area contributed by atoms with Crippen LogP contribution in [0.1, 0.15) is 38.5 Å². The second-order valence-electron chi connectivity index (χ2n) is 5.66. The molecule has 1 aliphatic carbocycles. The largest absolute Gasteiger partial charge is 0.353 e. The molecular formula is C18H22O3S. The van der Waals surface area contributed by atoms with E-state index >= 15 is 0 Å². The van der Waals surface area contributed by atoms with E-state index in [0.29, 0.717) is 12.2 Å². The van der Waals surface area contributed by atoms with Gasteiger partial charge in [-0.2, -0.15) is 0 Å². The van der Waals surface area contributed by atoms with Crippen LogP contribution in [0, 0.1) is 0 Å². The first-order valence-corrected chi connectivity index (χ1v) is 8.86. The van der Waals surface area contributed by atoms with Crippen LogP contribution in [0.5, 0.6) is 0 Å². The average molecular weight is 318 g/mol. The quantitative estimate of drug-likeness (QED) is 0.809. The number of hydrogen-bond acceptors (Lipinski definition) is 4. The summed E-state index contributed by atoms with van der Waals surface area (Å²) in [5.74, 6) is 0.306. The van der Waals surface area contributed by atoms with E-state index in [0.717, 1.165) is 50.9 Å². The molecule has 2 aliphatic rings. The van der Waals surface area contributed by atoms with Gasteiger partial charge in [0.05, 0.1) is 13.2 Å². The molecule has 22 heavy (non-hydrogen) atoms. The summed E-state index contributed by atoms with van der Waals surface area (Å²) in [4.78, 5) is 14.8. The van der Waals surface area contributed by atoms with Gasteiger partial charge in [-0.15, -0.1) is 0 Å². The molecule has 1 fully saturated rings. The van der Waals surface area contributed by atoms with Gasteiger partial charge >= 0.3 is 0 Å². The van der Waals surface area contributed by atoms with E-state index in [-0.39, 0.29) is 6.29 Å². The Bertz CT molecular complexity index is 533. The van der Waals surface area contributed by atoms with Crippen LogP contribution in [0.15, 0.2) is 45.7 Å². The molecule has 4 heteroatoms. The minimum Gasteiger partial charge on any atom is -0.353 e. The first-order valence-electron chi connectivity index (χ1n) is 8.04. The molecule has 1 aromatic carbocycles. The molecule has 0 atom stereocenters. The summed E-state index contributed by atoms with van der Waals surface area (Å²) < 4.78 is 11.2. The molecule has 0 unspecified atom stereocenters. The number of carbonyl (C=O) groups excluding carboxylic acids is 1. The van der Waals surface area contributed by atoms with Crippen LogP contribution in [-0.4, -0.2) is 25.3 Å². The highest BCUT2D eigenvalue weighted by atomic mass is 32.2. The molecule has 0 amide bonds. The van der Waals surface area contributed by atoms with Crippen LogP contribution in [0.25, 0.3) is 0 Å². The van der Waals surface area contributed by atoms with Gasteiger partial charge in [0.15, 0.2) is 12.1 Å². The maximum atomic E-state index is 12.3. The zero-order valence-corrected chi connectivity index (χ0v) is 13.6. The van der Waals surface area contributed by atoms with Gasteiger partial charge in [0.1, 0.15) is 0 Å². The minimum absolute atomic E-state index is 0.140. The molecule has 0 bridgehead atoms. The first-order chi connectivity index (χ1) is 10.8. The van der Waals surface area contributed by atoms with Crippen molar-refractivity contribution in [3.05, 3.63) is 40.8 Å². The molecule has 1 saturated heterocycles.